The van der Waals surface area contributed by atoms with Gasteiger partial charge < -0.3 is 57.3 Å². The number of primary sulfonamides is 2. The van der Waals surface area contributed by atoms with Crippen LogP contribution in [0.15, 0.2) is 172 Å². The molecule has 44 heteroatoms. The van der Waals surface area contributed by atoms with E-state index in [1.807, 2.05) is 49.5 Å². The number of nitrogens with one attached hydrogen (secondary N) is 9. The monoisotopic (exact) mass is 1980 g/mol. The van der Waals surface area contributed by atoms with E-state index in [0.29, 0.717) is 139 Å². The number of hydrogen-bond acceptors (Lipinski definition) is 22. The number of aryl methyl sites for hydroxylation is 2. The number of nitrogens with zero attached hydrogens (tertiary/aromatic N) is 10. The summed E-state index contributed by atoms with van der Waals surface area (Å²) >= 11 is 3.75. The summed E-state index contributed by atoms with van der Waals surface area (Å²) in [6, 6.07) is 35.1. The fourth-order valence-corrected chi connectivity index (χ4v) is 20.4. The van der Waals surface area contributed by atoms with Gasteiger partial charge in [0, 0.05) is 117 Å². The number of rotatable bonds is 50. The van der Waals surface area contributed by atoms with Crippen molar-refractivity contribution >= 4 is 114 Å². The first-order valence-electron chi connectivity index (χ1n) is 45.8. The molecule has 0 aliphatic carbocycles. The Morgan fingerprint density at radius 1 is 0.529 bits per heavy atom. The zero-order chi connectivity index (χ0) is 99.1. The summed E-state index contributed by atoms with van der Waals surface area (Å²) in [5.74, 6) is -0.497. The number of hydrogen-bond donors (Lipinski definition) is 11. The van der Waals surface area contributed by atoms with Crippen molar-refractivity contribution in [1.29, 1.82) is 0 Å². The van der Waals surface area contributed by atoms with E-state index in [1.54, 1.807) is 48.0 Å². The molecule has 4 fully saturated rings. The number of azide groups is 2. The number of sulfonamides is 2. The topological polar surface area (TPSA) is 551 Å². The highest BCUT2D eigenvalue weighted by molar-refractivity contribution is 8.00. The maximum absolute atomic E-state index is 13.9. The Morgan fingerprint density at radius 2 is 0.986 bits per heavy atom. The fraction of sp³-hybridized carbons (Fsp3) is 0.447. The molecule has 736 valence electrons. The van der Waals surface area contributed by atoms with Gasteiger partial charge in [-0.1, -0.05) is 110 Å². The normalized spacial score (nSPS) is 17.0. The van der Waals surface area contributed by atoms with E-state index in [2.05, 4.69) is 78.1 Å². The molecule has 6 aromatic carbocycles. The van der Waals surface area contributed by atoms with Gasteiger partial charge in [0.05, 0.1) is 62.4 Å². The van der Waals surface area contributed by atoms with Crippen LogP contribution in [0.4, 0.5) is 34.1 Å². The molecule has 6 heterocycles. The molecule has 0 radical (unpaired) electrons. The Bertz CT molecular complexity index is 5950. The SMILES string of the molecule is Cc1cc(-c2ccc(C)c(OC(=O)[C@H](CCCCNC(=O)CCCCCNC(=O)C(C)CCC[C@@H]3SC[C@@H]4NC(=O)N[C@@H]43)NC(=O)c3ccc(N=[N+]=[N-])cc3)c2)n(-c2ccc(S(N)(=O)=O)cc2)n1.[N-]=[N+]=Nc1ccc(C(=O)N[C@@H](CCCCNC(=O)CCCCCCC(=O)CCCC[C@@H]2SC[C@@H]3NC(=O)N[C@@H]32)C(=O)OCc2ccc(-c3cc(C(F)(F)F)nn3-c3ccc(S(N)(=O)=O)cc3)cc2)cc1. The Hall–Kier alpha value is -12.8. The van der Waals surface area contributed by atoms with E-state index in [0.717, 1.165) is 105 Å². The van der Waals surface area contributed by atoms with Gasteiger partial charge in [-0.25, -0.2) is 55.7 Å². The van der Waals surface area contributed by atoms with Crippen LogP contribution in [0.25, 0.3) is 54.8 Å². The molecule has 138 heavy (non-hydrogen) atoms. The average molecular weight is 1980 g/mol. The van der Waals surface area contributed by atoms with Crippen LogP contribution < -0.4 is 62.9 Å². The van der Waals surface area contributed by atoms with Gasteiger partial charge in [0.15, 0.2) is 5.69 Å². The van der Waals surface area contributed by atoms with Gasteiger partial charge in [-0.15, -0.1) is 0 Å². The summed E-state index contributed by atoms with van der Waals surface area (Å²) in [6.45, 7) is 6.55. The summed E-state index contributed by atoms with van der Waals surface area (Å²) < 4.78 is 103. The first-order valence-corrected chi connectivity index (χ1v) is 51.0. The zero-order valence-corrected chi connectivity index (χ0v) is 79.8. The number of esters is 2. The summed E-state index contributed by atoms with van der Waals surface area (Å²) in [4.78, 5) is 133. The van der Waals surface area contributed by atoms with Crippen LogP contribution in [0.3, 0.4) is 0 Å². The summed E-state index contributed by atoms with van der Waals surface area (Å²) in [5.41, 5.74) is 21.5. The second-order valence-electron chi connectivity index (χ2n) is 34.3. The molecule has 0 spiro atoms. The number of unbranched alkanes of at least 4 members (excludes halogenated alkanes) is 8. The van der Waals surface area contributed by atoms with Crippen LogP contribution >= 0.6 is 23.5 Å². The Kier molecular flexibility index (Phi) is 39.0. The van der Waals surface area contributed by atoms with Gasteiger partial charge in [0.1, 0.15) is 30.2 Å². The zero-order valence-electron chi connectivity index (χ0n) is 76.6. The third-order valence-electron chi connectivity index (χ3n) is 23.9. The molecule has 1 unspecified atom stereocenters. The Balaban J connectivity index is 0.000000265. The molecule has 2 aromatic heterocycles. The van der Waals surface area contributed by atoms with E-state index >= 15 is 0 Å². The van der Waals surface area contributed by atoms with Crippen molar-refractivity contribution in [2.24, 2.45) is 26.4 Å². The first kappa shape index (κ1) is 106. The number of carbonyl (C=O) groups is 10. The van der Waals surface area contributed by atoms with Crippen LogP contribution in [0.5, 0.6) is 5.75 Å². The highest BCUT2D eigenvalue weighted by Gasteiger charge is 2.44. The maximum Gasteiger partial charge on any atom is 0.435 e. The second kappa shape index (κ2) is 51.0. The molecule has 37 nitrogen and oxygen atoms in total. The molecule has 4 saturated heterocycles. The fourth-order valence-electron chi connectivity index (χ4n) is 16.2. The largest absolute Gasteiger partial charge is 0.459 e. The van der Waals surface area contributed by atoms with Crippen LogP contribution in [-0.2, 0) is 66.3 Å². The number of Topliss-reactive ketones (excluding diaryl/α,β-unsaturated/α-hetero) is 1. The minimum Gasteiger partial charge on any atom is -0.459 e. The minimum atomic E-state index is -4.78. The van der Waals surface area contributed by atoms with E-state index in [1.165, 1.54) is 84.9 Å². The number of halogens is 3. The van der Waals surface area contributed by atoms with Crippen LogP contribution in [0.2, 0.25) is 0 Å². The van der Waals surface area contributed by atoms with Gasteiger partial charge in [-0.2, -0.15) is 46.9 Å². The van der Waals surface area contributed by atoms with Gasteiger partial charge in [-0.05, 0) is 217 Å². The van der Waals surface area contributed by atoms with E-state index in [9.17, 15) is 78.0 Å². The number of ether oxygens (including phenoxy) is 2. The molecule has 13 N–H and O–H groups in total. The second-order valence-corrected chi connectivity index (χ2v) is 40.0. The number of fused-ring (bicyclic) bond motifs is 2. The standard InChI is InChI=1S/C47H55F3N10O8S2.C47H59N11O8S2/c48-47(49,50)41-27-39(60(58-41)34-22-24-36(25-23-34)70(52,66)67)31-16-14-30(15-17-31)28-68-45(64)37(54-44(63)32-18-20-33(21-19-32)57-59-51)11-7-8-26-53-42(62)13-4-2-1-3-9-35(61)10-5-6-12-40-43-38(29-69-40)55-46(65)56-43;1-29-14-15-33(39-26-31(3)56-58(39)35-20-22-36(23-21-35)68(49,64)65)27-40(29)66-46(62)37(52-45(61)32-16-18-34(19-17-32)55-57-48)11-6-8-24-50-42(59)13-5-4-7-25-51-44(60)30(2)10-9-12-41-43-38(28-67-41)53-47(63)54-43/h14-25,27,37-38,40,43H,1-13,26,28-29H2,(H,53,62)(H,54,63)(H2,52,66,67)(H2,55,56,65);14-23,26-27,30,37-38,41,43H,4-13,24-25,28H2,1-3H3,(H,50,59)(H,51,60)(H,52,61)(H2,49,64,65)(H2,53,54,63)/t37-,38-,40-,43-;30?,37-,38-,41-,43-/m00/s1. The number of aromatic nitrogens is 4. The van der Waals surface area contributed by atoms with Gasteiger partial charge in [0.2, 0.25) is 37.8 Å². The Labute approximate surface area is 805 Å². The predicted molar refractivity (Wildman–Crippen MR) is 514 cm³/mol. The average Bonchev–Trinajstić information content (AvgIpc) is 1.65. The van der Waals surface area contributed by atoms with Crippen molar-refractivity contribution in [3.05, 3.63) is 206 Å². The van der Waals surface area contributed by atoms with Crippen molar-refractivity contribution in [3.8, 4) is 39.6 Å². The van der Waals surface area contributed by atoms with Crippen LogP contribution in [-0.4, -0.2) is 174 Å². The van der Waals surface area contributed by atoms with Gasteiger partial charge in [-0.3, -0.25) is 28.8 Å². The number of nitrogens with two attached hydrogens (primary N) is 2. The predicted octanol–water partition coefficient (Wildman–Crippen LogP) is 14.3. The van der Waals surface area contributed by atoms with E-state index in [-0.39, 0.29) is 129 Å². The number of urea groups is 2. The minimum absolute atomic E-state index is 0.0293. The lowest BCUT2D eigenvalue weighted by atomic mass is 9.98. The summed E-state index contributed by atoms with van der Waals surface area (Å²) in [7, 11) is -7.95. The highest BCUT2D eigenvalue weighted by Crippen LogP contribution is 2.38. The molecule has 9 amide bonds. The van der Waals surface area contributed by atoms with Crippen molar-refractivity contribution in [2.75, 3.05) is 31.1 Å². The molecular weight excluding hydrogens is 1860 g/mol. The third kappa shape index (κ3) is 31.9. The van der Waals surface area contributed by atoms with E-state index in [4.69, 9.17) is 30.8 Å². The van der Waals surface area contributed by atoms with Crippen molar-refractivity contribution in [2.45, 2.75) is 238 Å². The van der Waals surface area contributed by atoms with E-state index < -0.39 is 67.8 Å². The van der Waals surface area contributed by atoms with Gasteiger partial charge >= 0.3 is 30.2 Å². The molecule has 12 rings (SSSR count). The highest BCUT2D eigenvalue weighted by atomic mass is 32.2. The molecule has 0 bridgehead atoms. The lowest BCUT2D eigenvalue weighted by Gasteiger charge is -2.19. The number of carbonyl (C=O) groups excluding carboxylic acids is 10. The summed E-state index contributed by atoms with van der Waals surface area (Å²) in [6.07, 6.45) is 10.0. The third-order valence-corrected chi connectivity index (χ3v) is 28.7. The molecule has 8 aromatic rings. The Morgan fingerprint density at radius 3 is 1.49 bits per heavy atom. The quantitative estimate of drug-likeness (QED) is 0.00321. The first-order chi connectivity index (χ1) is 66.1. The molecule has 4 aliphatic heterocycles. The lowest BCUT2D eigenvalue weighted by Crippen LogP contribution is -2.43. The molecule has 4 aliphatic rings. The van der Waals surface area contributed by atoms with Crippen molar-refractivity contribution in [1.82, 2.24) is 67.4 Å². The smallest absolute Gasteiger partial charge is 0.435 e. The number of amides is 9. The van der Waals surface area contributed by atoms with Gasteiger partial charge in [0.25, 0.3) is 11.8 Å². The molecule has 0 saturated carbocycles. The number of alkyl halides is 3. The van der Waals surface area contributed by atoms with Crippen LogP contribution in [0, 0.1) is 19.8 Å². The lowest BCUT2D eigenvalue weighted by molar-refractivity contribution is -0.147. The number of benzene rings is 6. The number of ketones is 1. The van der Waals surface area contributed by atoms with Crippen molar-refractivity contribution in [3.63, 3.8) is 0 Å². The van der Waals surface area contributed by atoms with Crippen LogP contribution in [0.1, 0.15) is 198 Å². The summed E-state index contributed by atoms with van der Waals surface area (Å²) in [5, 5.41) is 52.8. The van der Waals surface area contributed by atoms with Crippen molar-refractivity contribution < 1.29 is 87.4 Å². The molecular formula is C94H114F3N21O16S4. The number of thioether (sulfide) groups is 2. The maximum atomic E-state index is 13.9. The molecule has 9 atom stereocenters.